The quantitative estimate of drug-likeness (QED) is 0.252. The molecule has 0 saturated carbocycles. The molecule has 154 valence electrons. The third kappa shape index (κ3) is 3.45. The van der Waals surface area contributed by atoms with Crippen molar-refractivity contribution < 1.29 is 0 Å². The van der Waals surface area contributed by atoms with E-state index in [4.69, 9.17) is 5.73 Å². The summed E-state index contributed by atoms with van der Waals surface area (Å²) in [6, 6.07) is 50.0. The Labute approximate surface area is 190 Å². The number of hydrogen-bond donors (Lipinski definition) is 1. The Morgan fingerprint density at radius 3 is 1.34 bits per heavy atom. The number of rotatable bonds is 5. The highest BCUT2D eigenvalue weighted by molar-refractivity contribution is 7.19. The lowest BCUT2D eigenvalue weighted by Crippen LogP contribution is -2.74. The Kier molecular flexibility index (Phi) is 5.45. The SMILES string of the molecule is Nc1ccccc1-c1cccc([Si](c2ccccc2)(c2ccccc2)c2ccccc2)c1. The van der Waals surface area contributed by atoms with Crippen molar-refractivity contribution in [3.63, 3.8) is 0 Å². The summed E-state index contributed by atoms with van der Waals surface area (Å²) in [6.45, 7) is 0. The van der Waals surface area contributed by atoms with Crippen LogP contribution in [0.1, 0.15) is 0 Å². The van der Waals surface area contributed by atoms with Gasteiger partial charge in [0, 0.05) is 11.3 Å². The molecule has 0 atom stereocenters. The lowest BCUT2D eigenvalue weighted by atomic mass is 10.0. The third-order valence-corrected chi connectivity index (χ3v) is 11.0. The molecule has 0 aliphatic heterocycles. The Balaban J connectivity index is 1.86. The maximum absolute atomic E-state index is 6.36. The maximum atomic E-state index is 6.36. The Morgan fingerprint density at radius 2 is 0.844 bits per heavy atom. The fourth-order valence-electron chi connectivity index (χ4n) is 4.74. The molecule has 0 aliphatic rings. The van der Waals surface area contributed by atoms with E-state index in [1.165, 1.54) is 20.7 Å². The minimum absolute atomic E-state index is 0.802. The Morgan fingerprint density at radius 1 is 0.406 bits per heavy atom. The fraction of sp³-hybridized carbons (Fsp3) is 0. The minimum atomic E-state index is -2.52. The number of para-hydroxylation sites is 1. The molecule has 1 nitrogen and oxygen atoms in total. The fourth-order valence-corrected chi connectivity index (χ4v) is 9.54. The van der Waals surface area contributed by atoms with Crippen LogP contribution >= 0.6 is 0 Å². The lowest BCUT2D eigenvalue weighted by Gasteiger charge is -2.34. The molecule has 0 aliphatic carbocycles. The van der Waals surface area contributed by atoms with Gasteiger partial charge in [-0.15, -0.1) is 0 Å². The van der Waals surface area contributed by atoms with Crippen LogP contribution in [0.4, 0.5) is 5.69 Å². The van der Waals surface area contributed by atoms with Crippen molar-refractivity contribution in [2.24, 2.45) is 0 Å². The van der Waals surface area contributed by atoms with Crippen molar-refractivity contribution in [2.75, 3.05) is 5.73 Å². The van der Waals surface area contributed by atoms with Crippen molar-refractivity contribution >= 4 is 34.5 Å². The highest BCUT2D eigenvalue weighted by Gasteiger charge is 2.41. The van der Waals surface area contributed by atoms with Crippen LogP contribution in [0.3, 0.4) is 0 Å². The van der Waals surface area contributed by atoms with Gasteiger partial charge in [0.15, 0.2) is 8.07 Å². The van der Waals surface area contributed by atoms with Gasteiger partial charge in [0.25, 0.3) is 0 Å². The first-order valence-electron chi connectivity index (χ1n) is 10.9. The summed E-state index contributed by atoms with van der Waals surface area (Å²) in [4.78, 5) is 0. The molecule has 32 heavy (non-hydrogen) atoms. The molecule has 0 saturated heterocycles. The molecule has 5 aromatic carbocycles. The first-order chi connectivity index (χ1) is 15.8. The topological polar surface area (TPSA) is 26.0 Å². The summed E-state index contributed by atoms with van der Waals surface area (Å²) in [5.41, 5.74) is 9.39. The number of nitrogen functional groups attached to an aromatic ring is 1. The summed E-state index contributed by atoms with van der Waals surface area (Å²) in [5.74, 6) is 0. The molecule has 5 rings (SSSR count). The zero-order valence-corrected chi connectivity index (χ0v) is 18.9. The standard InChI is InChI=1S/C30H25NSi/c31-30-22-11-10-21-29(30)24-13-12-20-28(23-24)32(25-14-4-1-5-15-25,26-16-6-2-7-17-26)27-18-8-3-9-19-27/h1-23H,31H2. The average molecular weight is 428 g/mol. The van der Waals surface area contributed by atoms with E-state index >= 15 is 0 Å². The van der Waals surface area contributed by atoms with Crippen molar-refractivity contribution in [3.8, 4) is 11.1 Å². The van der Waals surface area contributed by atoms with Gasteiger partial charge in [-0.25, -0.2) is 0 Å². The first-order valence-corrected chi connectivity index (χ1v) is 12.9. The Hall–Kier alpha value is -3.88. The van der Waals surface area contributed by atoms with Crippen molar-refractivity contribution in [3.05, 3.63) is 140 Å². The summed E-state index contributed by atoms with van der Waals surface area (Å²) >= 11 is 0. The van der Waals surface area contributed by atoms with E-state index in [9.17, 15) is 0 Å². The zero-order valence-electron chi connectivity index (χ0n) is 17.9. The van der Waals surface area contributed by atoms with Gasteiger partial charge in [-0.1, -0.05) is 133 Å². The van der Waals surface area contributed by atoms with Gasteiger partial charge in [0.05, 0.1) is 0 Å². The van der Waals surface area contributed by atoms with Gasteiger partial charge in [-0.2, -0.15) is 0 Å². The van der Waals surface area contributed by atoms with Gasteiger partial charge < -0.3 is 5.73 Å². The summed E-state index contributed by atoms with van der Waals surface area (Å²) in [6.07, 6.45) is 0. The van der Waals surface area contributed by atoms with E-state index in [2.05, 4.69) is 127 Å². The van der Waals surface area contributed by atoms with E-state index in [1.54, 1.807) is 0 Å². The Bertz CT molecular complexity index is 1220. The molecule has 2 heteroatoms. The van der Waals surface area contributed by atoms with Crippen LogP contribution in [0.25, 0.3) is 11.1 Å². The van der Waals surface area contributed by atoms with E-state index < -0.39 is 8.07 Å². The van der Waals surface area contributed by atoms with Crippen molar-refractivity contribution in [1.29, 1.82) is 0 Å². The molecule has 0 spiro atoms. The lowest BCUT2D eigenvalue weighted by molar-refractivity contribution is 1.61. The first kappa shape index (κ1) is 20.0. The van der Waals surface area contributed by atoms with Gasteiger partial charge in [0.2, 0.25) is 0 Å². The number of nitrogens with two attached hydrogens (primary N) is 1. The van der Waals surface area contributed by atoms with Crippen molar-refractivity contribution in [2.45, 2.75) is 0 Å². The van der Waals surface area contributed by atoms with Crippen LogP contribution in [-0.4, -0.2) is 8.07 Å². The van der Waals surface area contributed by atoms with Gasteiger partial charge in [-0.05, 0) is 32.4 Å². The van der Waals surface area contributed by atoms with Crippen LogP contribution in [0.15, 0.2) is 140 Å². The van der Waals surface area contributed by atoms with Gasteiger partial charge in [0.1, 0.15) is 0 Å². The third-order valence-electron chi connectivity index (χ3n) is 6.19. The van der Waals surface area contributed by atoms with Crippen LogP contribution in [0.5, 0.6) is 0 Å². The molecule has 0 amide bonds. The molecule has 0 radical (unpaired) electrons. The molecule has 0 heterocycles. The van der Waals surface area contributed by atoms with E-state index in [0.29, 0.717) is 0 Å². The van der Waals surface area contributed by atoms with E-state index in [0.717, 1.165) is 16.8 Å². The van der Waals surface area contributed by atoms with E-state index in [1.807, 2.05) is 12.1 Å². The molecular weight excluding hydrogens is 402 g/mol. The van der Waals surface area contributed by atoms with Crippen molar-refractivity contribution in [1.82, 2.24) is 0 Å². The van der Waals surface area contributed by atoms with Crippen LogP contribution < -0.4 is 26.5 Å². The molecule has 0 bridgehead atoms. The van der Waals surface area contributed by atoms with Crippen LogP contribution in [-0.2, 0) is 0 Å². The number of benzene rings is 5. The van der Waals surface area contributed by atoms with Crippen LogP contribution in [0, 0.1) is 0 Å². The average Bonchev–Trinajstić information content (AvgIpc) is 2.87. The summed E-state index contributed by atoms with van der Waals surface area (Å²) in [7, 11) is -2.52. The highest BCUT2D eigenvalue weighted by atomic mass is 28.3. The zero-order chi connectivity index (χ0) is 21.8. The maximum Gasteiger partial charge on any atom is 0.179 e. The number of hydrogen-bond acceptors (Lipinski definition) is 1. The molecule has 0 fully saturated rings. The normalized spacial score (nSPS) is 11.2. The smallest absolute Gasteiger partial charge is 0.179 e. The number of anilines is 1. The molecule has 5 aromatic rings. The van der Waals surface area contributed by atoms with Gasteiger partial charge in [-0.3, -0.25) is 0 Å². The predicted molar refractivity (Wildman–Crippen MR) is 140 cm³/mol. The highest BCUT2D eigenvalue weighted by Crippen LogP contribution is 2.25. The monoisotopic (exact) mass is 427 g/mol. The molecule has 0 aromatic heterocycles. The molecular formula is C30H25NSi. The second-order valence-corrected chi connectivity index (χ2v) is 11.8. The largest absolute Gasteiger partial charge is 0.398 e. The second kappa shape index (κ2) is 8.70. The second-order valence-electron chi connectivity index (χ2n) is 8.02. The predicted octanol–water partition coefficient (Wildman–Crippen LogP) is 4.31. The van der Waals surface area contributed by atoms with Crippen LogP contribution in [0.2, 0.25) is 0 Å². The van der Waals surface area contributed by atoms with Gasteiger partial charge >= 0.3 is 0 Å². The molecule has 0 unspecified atom stereocenters. The molecule has 2 N–H and O–H groups in total. The van der Waals surface area contributed by atoms with E-state index in [-0.39, 0.29) is 0 Å². The summed E-state index contributed by atoms with van der Waals surface area (Å²) in [5, 5.41) is 5.46. The minimum Gasteiger partial charge on any atom is -0.398 e. The summed E-state index contributed by atoms with van der Waals surface area (Å²) < 4.78 is 0.